The zero-order valence-electron chi connectivity index (χ0n) is 18.4. The molecule has 0 spiro atoms. The second kappa shape index (κ2) is 9.32. The normalized spacial score (nSPS) is 14.9. The van der Waals surface area contributed by atoms with E-state index in [4.69, 9.17) is 9.36 Å². The average molecular weight is 456 g/mol. The van der Waals surface area contributed by atoms with Crippen LogP contribution in [0.2, 0.25) is 0 Å². The molecule has 2 heterocycles. The molecule has 1 amide bonds. The van der Waals surface area contributed by atoms with Gasteiger partial charge in [0.05, 0.1) is 5.69 Å². The smallest absolute Gasteiger partial charge is 0.255 e. The van der Waals surface area contributed by atoms with Crippen LogP contribution in [0.15, 0.2) is 46.1 Å². The Morgan fingerprint density at radius 3 is 2.72 bits per heavy atom. The minimum atomic E-state index is -0.539. The van der Waals surface area contributed by atoms with E-state index in [2.05, 4.69) is 22.6 Å². The molecule has 0 radical (unpaired) electrons. The Labute approximate surface area is 190 Å². The number of aromatic nitrogens is 1. The number of rotatable bonds is 7. The van der Waals surface area contributed by atoms with Crippen LogP contribution in [-0.4, -0.2) is 21.7 Å². The van der Waals surface area contributed by atoms with E-state index < -0.39 is 5.82 Å². The second-order valence-electron chi connectivity index (χ2n) is 8.51. The van der Waals surface area contributed by atoms with Crippen molar-refractivity contribution >= 4 is 39.4 Å². The number of anilines is 1. The van der Waals surface area contributed by atoms with Crippen molar-refractivity contribution in [1.29, 1.82) is 0 Å². The largest absolute Gasteiger partial charge is 0.389 e. The number of carbonyl (C=O) groups is 1. The Morgan fingerprint density at radius 1 is 1.25 bits per heavy atom. The predicted octanol–water partition coefficient (Wildman–Crippen LogP) is 6.31. The molecule has 1 aromatic heterocycles. The van der Waals surface area contributed by atoms with E-state index in [-0.39, 0.29) is 17.2 Å². The zero-order chi connectivity index (χ0) is 22.7. The molecule has 0 unspecified atom stereocenters. The van der Waals surface area contributed by atoms with E-state index in [9.17, 15) is 9.18 Å². The van der Waals surface area contributed by atoms with Crippen LogP contribution in [0.1, 0.15) is 61.6 Å². The van der Waals surface area contributed by atoms with Crippen LogP contribution in [0.5, 0.6) is 0 Å². The highest BCUT2D eigenvalue weighted by atomic mass is 32.2. The van der Waals surface area contributed by atoms with E-state index in [0.29, 0.717) is 28.0 Å². The fraction of sp³-hybridized carbons (Fsp3) is 0.375. The monoisotopic (exact) mass is 455 g/mol. The number of nitrogens with zero attached hydrogens (tertiary/aromatic N) is 2. The van der Waals surface area contributed by atoms with Crippen LogP contribution in [0.4, 0.5) is 10.1 Å². The van der Waals surface area contributed by atoms with Crippen molar-refractivity contribution in [2.45, 2.75) is 57.8 Å². The lowest BCUT2D eigenvalue weighted by atomic mass is 10.1. The predicted molar refractivity (Wildman–Crippen MR) is 125 cm³/mol. The Balaban J connectivity index is 1.44. The zero-order valence-corrected chi connectivity index (χ0v) is 19.2. The molecule has 4 rings (SSSR count). The number of amides is 1. The second-order valence-corrected chi connectivity index (χ2v) is 9.56. The van der Waals surface area contributed by atoms with Gasteiger partial charge in [-0.25, -0.2) is 4.39 Å². The van der Waals surface area contributed by atoms with Crippen molar-refractivity contribution in [3.05, 3.63) is 59.0 Å². The van der Waals surface area contributed by atoms with Crippen LogP contribution in [0.3, 0.4) is 0 Å². The van der Waals surface area contributed by atoms with E-state index in [1.807, 2.05) is 26.0 Å². The van der Waals surface area contributed by atoms with E-state index >= 15 is 0 Å². The van der Waals surface area contributed by atoms with Crippen LogP contribution >= 0.6 is 11.8 Å². The molecule has 1 aliphatic rings. The SMILES string of the molecule is CCCCc1ccc(C(=O)Nc2cc3onc(CSC4=NOC(C)(C)C4)c3cc2F)cc1. The third kappa shape index (κ3) is 5.12. The number of nitrogens with one attached hydrogen (secondary N) is 1. The van der Waals surface area contributed by atoms with E-state index in [0.717, 1.165) is 30.7 Å². The topological polar surface area (TPSA) is 76.7 Å². The summed E-state index contributed by atoms with van der Waals surface area (Å²) in [7, 11) is 0. The number of hydrogen-bond donors (Lipinski definition) is 1. The number of aryl methyl sites for hydroxylation is 1. The molecule has 1 aliphatic heterocycles. The molecular weight excluding hydrogens is 429 g/mol. The summed E-state index contributed by atoms with van der Waals surface area (Å²) >= 11 is 1.49. The van der Waals surface area contributed by atoms with Crippen molar-refractivity contribution < 1.29 is 18.5 Å². The van der Waals surface area contributed by atoms with Crippen LogP contribution in [0.25, 0.3) is 11.0 Å². The number of thioether (sulfide) groups is 1. The molecule has 1 N–H and O–H groups in total. The molecular formula is C24H26FN3O3S. The maximum absolute atomic E-state index is 14.8. The summed E-state index contributed by atoms with van der Waals surface area (Å²) in [5.41, 5.74) is 2.45. The lowest BCUT2D eigenvalue weighted by Gasteiger charge is -2.12. The van der Waals surface area contributed by atoms with Crippen molar-refractivity contribution in [2.75, 3.05) is 5.32 Å². The molecule has 2 aromatic carbocycles. The lowest BCUT2D eigenvalue weighted by Crippen LogP contribution is -2.18. The summed E-state index contributed by atoms with van der Waals surface area (Å²) in [6, 6.07) is 10.2. The minimum Gasteiger partial charge on any atom is -0.389 e. The third-order valence-corrected chi connectivity index (χ3v) is 6.23. The molecule has 0 saturated carbocycles. The van der Waals surface area contributed by atoms with Crippen molar-refractivity contribution in [1.82, 2.24) is 5.16 Å². The van der Waals surface area contributed by atoms with Crippen molar-refractivity contribution in [2.24, 2.45) is 5.16 Å². The first kappa shape index (κ1) is 22.3. The fourth-order valence-corrected chi connectivity index (χ4v) is 4.49. The Kier molecular flexibility index (Phi) is 6.50. The number of unbranched alkanes of at least 4 members (excludes halogenated alkanes) is 1. The minimum absolute atomic E-state index is 0.0585. The van der Waals surface area contributed by atoms with Crippen LogP contribution in [-0.2, 0) is 17.0 Å². The first-order chi connectivity index (χ1) is 15.3. The number of oxime groups is 1. The molecule has 0 saturated heterocycles. The number of hydrogen-bond acceptors (Lipinski definition) is 6. The van der Waals surface area contributed by atoms with Crippen LogP contribution in [0, 0.1) is 5.82 Å². The first-order valence-electron chi connectivity index (χ1n) is 10.7. The number of halogens is 1. The van der Waals surface area contributed by atoms with Crippen LogP contribution < -0.4 is 5.32 Å². The van der Waals surface area contributed by atoms with Crippen molar-refractivity contribution in [3.63, 3.8) is 0 Å². The molecule has 0 atom stereocenters. The van der Waals surface area contributed by atoms with Gasteiger partial charge in [0.25, 0.3) is 5.91 Å². The summed E-state index contributed by atoms with van der Waals surface area (Å²) < 4.78 is 20.2. The van der Waals surface area contributed by atoms with E-state index in [1.165, 1.54) is 29.5 Å². The summed E-state index contributed by atoms with van der Waals surface area (Å²) in [4.78, 5) is 17.9. The van der Waals surface area contributed by atoms with Gasteiger partial charge in [-0.15, -0.1) is 11.8 Å². The molecule has 0 bridgehead atoms. The maximum Gasteiger partial charge on any atom is 0.255 e. The summed E-state index contributed by atoms with van der Waals surface area (Å²) in [6.07, 6.45) is 3.92. The molecule has 0 aliphatic carbocycles. The number of fused-ring (bicyclic) bond motifs is 1. The van der Waals surface area contributed by atoms with Gasteiger partial charge in [-0.1, -0.05) is 35.8 Å². The Bertz CT molecular complexity index is 1160. The van der Waals surface area contributed by atoms with Crippen molar-refractivity contribution in [3.8, 4) is 0 Å². The summed E-state index contributed by atoms with van der Waals surface area (Å²) in [5, 5.41) is 12.2. The molecule has 8 heteroatoms. The summed E-state index contributed by atoms with van der Waals surface area (Å²) in [5.74, 6) is -0.425. The van der Waals surface area contributed by atoms with Gasteiger partial charge in [-0.05, 0) is 50.5 Å². The van der Waals surface area contributed by atoms with Gasteiger partial charge in [0.15, 0.2) is 5.58 Å². The Morgan fingerprint density at radius 2 is 2.03 bits per heavy atom. The molecule has 0 fully saturated rings. The number of carbonyl (C=O) groups excluding carboxylic acids is 1. The third-order valence-electron chi connectivity index (χ3n) is 5.26. The van der Waals surface area contributed by atoms with Gasteiger partial charge < -0.3 is 14.7 Å². The summed E-state index contributed by atoms with van der Waals surface area (Å²) in [6.45, 7) is 6.09. The molecule has 168 valence electrons. The van der Waals surface area contributed by atoms with E-state index in [1.54, 1.807) is 12.1 Å². The highest BCUT2D eigenvalue weighted by Gasteiger charge is 2.29. The highest BCUT2D eigenvalue weighted by Crippen LogP contribution is 2.32. The van der Waals surface area contributed by atoms with Gasteiger partial charge in [-0.3, -0.25) is 4.79 Å². The standard InChI is InChI=1S/C24H26FN3O3S/c1-4-5-6-15-7-9-16(10-8-15)23(29)26-19-12-21-17(11-18(19)25)20(27-30-21)14-32-22-13-24(2,3)31-28-22/h7-12H,4-6,13-14H2,1-3H3,(H,26,29). The average Bonchev–Trinajstić information content (AvgIpc) is 3.33. The Hall–Kier alpha value is -2.87. The molecule has 3 aromatic rings. The van der Waals surface area contributed by atoms with Gasteiger partial charge in [0.2, 0.25) is 0 Å². The quantitative estimate of drug-likeness (QED) is 0.452. The molecule has 6 nitrogen and oxygen atoms in total. The highest BCUT2D eigenvalue weighted by molar-refractivity contribution is 8.13. The first-order valence-corrected chi connectivity index (χ1v) is 11.7. The fourth-order valence-electron chi connectivity index (χ4n) is 3.44. The van der Waals surface area contributed by atoms with Gasteiger partial charge in [0.1, 0.15) is 22.2 Å². The maximum atomic E-state index is 14.8. The van der Waals surface area contributed by atoms with Gasteiger partial charge in [-0.2, -0.15) is 0 Å². The molecule has 32 heavy (non-hydrogen) atoms. The van der Waals surface area contributed by atoms with Gasteiger partial charge in [0, 0.05) is 29.2 Å². The number of benzene rings is 2. The van der Waals surface area contributed by atoms with Gasteiger partial charge >= 0.3 is 0 Å². The lowest BCUT2D eigenvalue weighted by molar-refractivity contribution is 0.0123.